The van der Waals surface area contributed by atoms with E-state index in [0.29, 0.717) is 11.7 Å². The minimum atomic E-state index is -0.437. The second kappa shape index (κ2) is 4.67. The number of nitrogens with two attached hydrogens (primary N) is 1. The van der Waals surface area contributed by atoms with Crippen LogP contribution in [0.5, 0.6) is 0 Å². The molecule has 0 aliphatic heterocycles. The number of carbonyl (C=O) groups is 1. The lowest BCUT2D eigenvalue weighted by molar-refractivity contribution is 0.0873. The van der Waals surface area contributed by atoms with Crippen molar-refractivity contribution in [3.63, 3.8) is 0 Å². The molecule has 2 rings (SSSR count). The molecule has 1 heterocycles. The summed E-state index contributed by atoms with van der Waals surface area (Å²) in [6.07, 6.45) is 1.66. The summed E-state index contributed by atoms with van der Waals surface area (Å²) in [5.74, 6) is 0.868. The largest absolute Gasteiger partial charge is 0.455 e. The Morgan fingerprint density at radius 1 is 1.62 bits per heavy atom. The van der Waals surface area contributed by atoms with Crippen LogP contribution in [-0.2, 0) is 6.54 Å². The van der Waals surface area contributed by atoms with E-state index in [1.165, 1.54) is 0 Å². The van der Waals surface area contributed by atoms with Gasteiger partial charge in [0.2, 0.25) is 0 Å². The highest BCUT2D eigenvalue weighted by Gasteiger charge is 2.29. The van der Waals surface area contributed by atoms with E-state index in [1.54, 1.807) is 12.1 Å². The van der Waals surface area contributed by atoms with Crippen LogP contribution in [0, 0.1) is 5.92 Å². The molecule has 1 unspecified atom stereocenters. The quantitative estimate of drug-likeness (QED) is 0.668. The number of rotatable bonds is 5. The second-order valence-electron chi connectivity index (χ2n) is 4.08. The van der Waals surface area contributed by atoms with Crippen molar-refractivity contribution >= 4 is 5.91 Å². The third kappa shape index (κ3) is 2.62. The van der Waals surface area contributed by atoms with E-state index in [9.17, 15) is 9.90 Å². The van der Waals surface area contributed by atoms with Crippen LogP contribution in [0.3, 0.4) is 0 Å². The van der Waals surface area contributed by atoms with Crippen LogP contribution >= 0.6 is 0 Å². The fourth-order valence-electron chi connectivity index (χ4n) is 1.54. The van der Waals surface area contributed by atoms with Crippen LogP contribution in [0.1, 0.15) is 29.2 Å². The fraction of sp³-hybridized carbons (Fsp3) is 0.545. The summed E-state index contributed by atoms with van der Waals surface area (Å²) in [6, 6.07) is 3.26. The van der Waals surface area contributed by atoms with Gasteiger partial charge in [-0.3, -0.25) is 4.79 Å². The summed E-state index contributed by atoms with van der Waals surface area (Å²) in [6.45, 7) is 0.556. The van der Waals surface area contributed by atoms with Crippen molar-refractivity contribution in [1.29, 1.82) is 0 Å². The Hall–Kier alpha value is -1.33. The highest BCUT2D eigenvalue weighted by atomic mass is 16.4. The number of aliphatic hydroxyl groups is 1. The van der Waals surface area contributed by atoms with E-state index in [1.807, 2.05) is 0 Å². The first-order valence-corrected chi connectivity index (χ1v) is 5.45. The van der Waals surface area contributed by atoms with Gasteiger partial charge in [-0.25, -0.2) is 0 Å². The van der Waals surface area contributed by atoms with E-state index < -0.39 is 6.10 Å². The van der Waals surface area contributed by atoms with Crippen molar-refractivity contribution in [2.24, 2.45) is 11.7 Å². The van der Waals surface area contributed by atoms with Crippen LogP contribution in [0.15, 0.2) is 16.5 Å². The van der Waals surface area contributed by atoms with Gasteiger partial charge in [-0.05, 0) is 30.9 Å². The Morgan fingerprint density at radius 3 is 2.94 bits per heavy atom. The van der Waals surface area contributed by atoms with E-state index >= 15 is 0 Å². The summed E-state index contributed by atoms with van der Waals surface area (Å²) in [5, 5.41) is 12.2. The third-order valence-corrected chi connectivity index (χ3v) is 2.72. The lowest BCUT2D eigenvalue weighted by Crippen LogP contribution is -2.32. The molecule has 1 aliphatic carbocycles. The van der Waals surface area contributed by atoms with Gasteiger partial charge in [0.15, 0.2) is 5.76 Å². The highest BCUT2D eigenvalue weighted by molar-refractivity contribution is 5.91. The molecule has 0 aromatic carbocycles. The van der Waals surface area contributed by atoms with Gasteiger partial charge in [0.25, 0.3) is 5.91 Å². The maximum atomic E-state index is 11.6. The standard InChI is InChI=1S/C11H16N2O3/c12-5-8-3-4-10(16-8)11(15)13-6-9(14)7-1-2-7/h3-4,7,9,14H,1-2,5-6,12H2,(H,13,15). The number of furan rings is 1. The lowest BCUT2D eigenvalue weighted by Gasteiger charge is -2.09. The van der Waals surface area contributed by atoms with E-state index in [0.717, 1.165) is 12.8 Å². The van der Waals surface area contributed by atoms with Gasteiger partial charge in [-0.2, -0.15) is 0 Å². The topological polar surface area (TPSA) is 88.5 Å². The SMILES string of the molecule is NCc1ccc(C(=O)NCC(O)C2CC2)o1. The molecule has 88 valence electrons. The first kappa shape index (κ1) is 11.2. The number of carbonyl (C=O) groups excluding carboxylic acids is 1. The second-order valence-corrected chi connectivity index (χ2v) is 4.08. The molecule has 1 saturated carbocycles. The molecule has 1 aromatic rings. The summed E-state index contributed by atoms with van der Waals surface area (Å²) >= 11 is 0. The molecular formula is C11H16N2O3. The zero-order chi connectivity index (χ0) is 11.5. The predicted molar refractivity (Wildman–Crippen MR) is 57.7 cm³/mol. The first-order chi connectivity index (χ1) is 7.70. The molecule has 0 spiro atoms. The van der Waals surface area contributed by atoms with Gasteiger partial charge in [-0.15, -0.1) is 0 Å². The molecule has 0 saturated heterocycles. The monoisotopic (exact) mass is 224 g/mol. The average Bonchev–Trinajstić information content (AvgIpc) is 3.03. The van der Waals surface area contributed by atoms with Crippen molar-refractivity contribution in [3.8, 4) is 0 Å². The van der Waals surface area contributed by atoms with Gasteiger partial charge in [0, 0.05) is 6.54 Å². The fourth-order valence-corrected chi connectivity index (χ4v) is 1.54. The minimum absolute atomic E-state index is 0.239. The summed E-state index contributed by atoms with van der Waals surface area (Å²) in [4.78, 5) is 11.6. The Labute approximate surface area is 93.6 Å². The number of hydrogen-bond acceptors (Lipinski definition) is 4. The number of amides is 1. The molecule has 1 aromatic heterocycles. The van der Waals surface area contributed by atoms with Crippen molar-refractivity contribution in [1.82, 2.24) is 5.32 Å². The van der Waals surface area contributed by atoms with Crippen molar-refractivity contribution < 1.29 is 14.3 Å². The van der Waals surface area contributed by atoms with Crippen LogP contribution in [-0.4, -0.2) is 23.7 Å². The summed E-state index contributed by atoms with van der Waals surface area (Å²) in [7, 11) is 0. The molecule has 5 heteroatoms. The first-order valence-electron chi connectivity index (χ1n) is 5.45. The van der Waals surface area contributed by atoms with E-state index in [4.69, 9.17) is 10.2 Å². The van der Waals surface area contributed by atoms with Crippen LogP contribution in [0.4, 0.5) is 0 Å². The number of hydrogen-bond donors (Lipinski definition) is 3. The zero-order valence-electron chi connectivity index (χ0n) is 8.98. The van der Waals surface area contributed by atoms with Crippen molar-refractivity contribution in [3.05, 3.63) is 23.7 Å². The zero-order valence-corrected chi connectivity index (χ0v) is 8.98. The van der Waals surface area contributed by atoms with Gasteiger partial charge >= 0.3 is 0 Å². The number of nitrogens with one attached hydrogen (secondary N) is 1. The third-order valence-electron chi connectivity index (χ3n) is 2.72. The molecule has 1 fully saturated rings. The van der Waals surface area contributed by atoms with Crippen molar-refractivity contribution in [2.75, 3.05) is 6.54 Å². The normalized spacial score (nSPS) is 17.1. The molecule has 1 aliphatic rings. The van der Waals surface area contributed by atoms with Crippen LogP contribution in [0.2, 0.25) is 0 Å². The maximum Gasteiger partial charge on any atom is 0.287 e. The van der Waals surface area contributed by atoms with E-state index in [2.05, 4.69) is 5.32 Å². The summed E-state index contributed by atoms with van der Waals surface area (Å²) in [5.41, 5.74) is 5.37. The Bertz CT molecular complexity index is 371. The van der Waals surface area contributed by atoms with Gasteiger partial charge in [0.05, 0.1) is 12.6 Å². The van der Waals surface area contributed by atoms with Gasteiger partial charge < -0.3 is 20.6 Å². The Morgan fingerprint density at radius 2 is 2.38 bits per heavy atom. The molecule has 4 N–H and O–H groups in total. The Kier molecular flexibility index (Phi) is 3.26. The molecular weight excluding hydrogens is 208 g/mol. The van der Waals surface area contributed by atoms with Crippen molar-refractivity contribution in [2.45, 2.75) is 25.5 Å². The van der Waals surface area contributed by atoms with Gasteiger partial charge in [-0.1, -0.05) is 0 Å². The van der Waals surface area contributed by atoms with E-state index in [-0.39, 0.29) is 24.8 Å². The number of aliphatic hydroxyl groups excluding tert-OH is 1. The highest BCUT2D eigenvalue weighted by Crippen LogP contribution is 2.32. The van der Waals surface area contributed by atoms with Gasteiger partial charge in [0.1, 0.15) is 5.76 Å². The molecule has 1 amide bonds. The maximum absolute atomic E-state index is 11.6. The molecule has 0 radical (unpaired) electrons. The molecule has 16 heavy (non-hydrogen) atoms. The molecule has 5 nitrogen and oxygen atoms in total. The average molecular weight is 224 g/mol. The summed E-state index contributed by atoms with van der Waals surface area (Å²) < 4.78 is 5.18. The predicted octanol–water partition coefficient (Wildman–Crippen LogP) is 0.239. The lowest BCUT2D eigenvalue weighted by atomic mass is 10.2. The smallest absolute Gasteiger partial charge is 0.287 e. The van der Waals surface area contributed by atoms with Crippen LogP contribution < -0.4 is 11.1 Å². The Balaban J connectivity index is 1.82. The molecule has 0 bridgehead atoms. The minimum Gasteiger partial charge on any atom is -0.455 e. The molecule has 1 atom stereocenters. The van der Waals surface area contributed by atoms with Crippen LogP contribution in [0.25, 0.3) is 0 Å².